The van der Waals surface area contributed by atoms with Crippen LogP contribution in [0.3, 0.4) is 0 Å². The second kappa shape index (κ2) is 11.9. The van der Waals surface area contributed by atoms with Crippen molar-refractivity contribution in [3.63, 3.8) is 0 Å². The van der Waals surface area contributed by atoms with Crippen LogP contribution in [0.15, 0.2) is 71.8 Å². The summed E-state index contributed by atoms with van der Waals surface area (Å²) in [6, 6.07) is 20.2. The van der Waals surface area contributed by atoms with Gasteiger partial charge in [-0.25, -0.2) is 0 Å². The average Bonchev–Trinajstić information content (AvgIpc) is 3.65. The summed E-state index contributed by atoms with van der Waals surface area (Å²) in [7, 11) is 0. The third kappa shape index (κ3) is 4.67. The Balaban J connectivity index is 1.52. The Hall–Kier alpha value is -3.64. The standard InChI is InChI=1S/C54H66/c1-16-52(14,17-2)36-28-37(53(15,18-3)19-4)30-54(29-36)43-23-21-38-47(45(43)41-26-34(9)44-33(8)24-32(7)25-40(44)46(41)54)51(12,13)49-39-27-35(31(5)6)20-22-42(39)50(10,11)48(38)49/h20-29,31H,16-19,30H2,1-15H3. The number of aryl methyl sites for hydroxylation is 3. The van der Waals surface area contributed by atoms with Gasteiger partial charge in [-0.3, -0.25) is 0 Å². The summed E-state index contributed by atoms with van der Waals surface area (Å²) in [6.45, 7) is 36.5. The highest BCUT2D eigenvalue weighted by atomic mass is 14.6. The van der Waals surface area contributed by atoms with E-state index in [1.165, 1.54) is 66.4 Å². The number of hydrogen-bond acceptors (Lipinski definition) is 0. The normalized spacial score (nSPS) is 20.7. The lowest BCUT2D eigenvalue weighted by atomic mass is 9.59. The Bertz CT molecular complexity index is 2370. The lowest BCUT2D eigenvalue weighted by Gasteiger charge is -2.44. The SMILES string of the molecule is CCC(C)(CC)C1=CC2(CC(C(C)(CC)CC)=C1)c1ccc3c(c1-c1cc(C)c4c(C)cc(C)cc4c12)C(C)(C)C1=C3C(C)(C)c2ccc(C(C)C)cc21. The second-order valence-electron chi connectivity index (χ2n) is 19.9. The van der Waals surface area contributed by atoms with Crippen LogP contribution in [0.1, 0.15) is 177 Å². The summed E-state index contributed by atoms with van der Waals surface area (Å²) >= 11 is 0. The fourth-order valence-corrected chi connectivity index (χ4v) is 11.9. The van der Waals surface area contributed by atoms with E-state index in [1.54, 1.807) is 33.4 Å². The smallest absolute Gasteiger partial charge is 0.0443 e. The Morgan fingerprint density at radius 1 is 0.648 bits per heavy atom. The van der Waals surface area contributed by atoms with Crippen LogP contribution in [0.25, 0.3) is 33.0 Å². The van der Waals surface area contributed by atoms with E-state index in [0.717, 1.165) is 32.1 Å². The van der Waals surface area contributed by atoms with Crippen molar-refractivity contribution in [3.8, 4) is 11.1 Å². The summed E-state index contributed by atoms with van der Waals surface area (Å²) < 4.78 is 0. The summed E-state index contributed by atoms with van der Waals surface area (Å²) in [4.78, 5) is 0. The second-order valence-corrected chi connectivity index (χ2v) is 19.9. The first-order valence-electron chi connectivity index (χ1n) is 21.4. The summed E-state index contributed by atoms with van der Waals surface area (Å²) in [5.74, 6) is 0.498. The molecule has 1 unspecified atom stereocenters. The van der Waals surface area contributed by atoms with Gasteiger partial charge in [0.05, 0.1) is 0 Å². The van der Waals surface area contributed by atoms with Crippen molar-refractivity contribution in [1.82, 2.24) is 0 Å². The summed E-state index contributed by atoms with van der Waals surface area (Å²) in [5, 5.41) is 2.92. The van der Waals surface area contributed by atoms with E-state index in [9.17, 15) is 0 Å². The molecule has 54 heavy (non-hydrogen) atoms. The Labute approximate surface area is 328 Å². The predicted octanol–water partition coefficient (Wildman–Crippen LogP) is 15.6. The van der Waals surface area contributed by atoms with Gasteiger partial charge in [0.15, 0.2) is 0 Å². The molecule has 0 nitrogen and oxygen atoms in total. The molecular formula is C54H66. The lowest BCUT2D eigenvalue weighted by molar-refractivity contribution is 0.328. The van der Waals surface area contributed by atoms with Crippen molar-refractivity contribution in [1.29, 1.82) is 0 Å². The maximum absolute atomic E-state index is 2.82. The van der Waals surface area contributed by atoms with Crippen LogP contribution in [0, 0.1) is 31.6 Å². The van der Waals surface area contributed by atoms with Crippen molar-refractivity contribution in [2.24, 2.45) is 10.8 Å². The van der Waals surface area contributed by atoms with E-state index >= 15 is 0 Å². The molecule has 4 aromatic carbocycles. The van der Waals surface area contributed by atoms with Crippen molar-refractivity contribution < 1.29 is 0 Å². The first-order valence-corrected chi connectivity index (χ1v) is 21.4. The van der Waals surface area contributed by atoms with Crippen molar-refractivity contribution in [2.45, 2.75) is 158 Å². The van der Waals surface area contributed by atoms with Gasteiger partial charge in [0.25, 0.3) is 0 Å². The monoisotopic (exact) mass is 715 g/mol. The van der Waals surface area contributed by atoms with Gasteiger partial charge in [-0.05, 0) is 158 Å². The van der Waals surface area contributed by atoms with Gasteiger partial charge in [-0.2, -0.15) is 0 Å². The Morgan fingerprint density at radius 3 is 1.89 bits per heavy atom. The highest BCUT2D eigenvalue weighted by Gasteiger charge is 2.55. The van der Waals surface area contributed by atoms with Gasteiger partial charge in [0, 0.05) is 16.2 Å². The molecule has 0 bridgehead atoms. The molecule has 0 fully saturated rings. The zero-order valence-electron chi connectivity index (χ0n) is 36.4. The summed E-state index contributed by atoms with van der Waals surface area (Å²) in [5.41, 5.74) is 23.9. The van der Waals surface area contributed by atoms with Crippen LogP contribution in [0.5, 0.6) is 0 Å². The van der Waals surface area contributed by atoms with E-state index in [4.69, 9.17) is 0 Å². The molecule has 1 spiro atoms. The fraction of sp³-hybridized carbons (Fsp3) is 0.481. The van der Waals surface area contributed by atoms with Crippen molar-refractivity contribution in [3.05, 3.63) is 127 Å². The number of rotatable bonds is 7. The highest BCUT2D eigenvalue weighted by Crippen LogP contribution is 2.68. The Kier molecular flexibility index (Phi) is 8.24. The molecule has 4 aliphatic rings. The van der Waals surface area contributed by atoms with Crippen LogP contribution < -0.4 is 0 Å². The first-order chi connectivity index (χ1) is 25.3. The minimum Gasteiger partial charge on any atom is -0.0654 e. The zero-order chi connectivity index (χ0) is 39.1. The van der Waals surface area contributed by atoms with E-state index < -0.39 is 0 Å². The molecule has 4 aliphatic carbocycles. The number of benzene rings is 4. The van der Waals surface area contributed by atoms with Gasteiger partial charge in [0.1, 0.15) is 0 Å². The maximum Gasteiger partial charge on any atom is 0.0443 e. The topological polar surface area (TPSA) is 0 Å². The molecule has 8 rings (SSSR count). The van der Waals surface area contributed by atoms with Crippen LogP contribution in [-0.4, -0.2) is 0 Å². The van der Waals surface area contributed by atoms with Gasteiger partial charge in [-0.1, -0.05) is 155 Å². The molecule has 1 atom stereocenters. The molecule has 0 saturated carbocycles. The minimum atomic E-state index is -0.246. The Morgan fingerprint density at radius 2 is 1.26 bits per heavy atom. The molecule has 0 saturated heterocycles. The lowest BCUT2D eigenvalue weighted by Crippen LogP contribution is -2.34. The third-order valence-electron chi connectivity index (χ3n) is 16.0. The molecule has 0 heterocycles. The van der Waals surface area contributed by atoms with Gasteiger partial charge >= 0.3 is 0 Å². The van der Waals surface area contributed by atoms with E-state index in [1.807, 2.05) is 0 Å². The number of allylic oxidation sites excluding steroid dienone is 6. The van der Waals surface area contributed by atoms with Crippen molar-refractivity contribution >= 4 is 21.9 Å². The zero-order valence-corrected chi connectivity index (χ0v) is 36.4. The molecule has 0 amide bonds. The molecule has 0 heteroatoms. The van der Waals surface area contributed by atoms with E-state index in [2.05, 4.69) is 165 Å². The summed E-state index contributed by atoms with van der Waals surface area (Å²) in [6.07, 6.45) is 11.1. The van der Waals surface area contributed by atoms with Gasteiger partial charge < -0.3 is 0 Å². The molecule has 282 valence electrons. The van der Waals surface area contributed by atoms with Gasteiger partial charge in [0.2, 0.25) is 0 Å². The molecular weight excluding hydrogens is 649 g/mol. The van der Waals surface area contributed by atoms with Gasteiger partial charge in [-0.15, -0.1) is 0 Å². The van der Waals surface area contributed by atoms with Crippen LogP contribution in [0.4, 0.5) is 0 Å². The highest BCUT2D eigenvalue weighted by molar-refractivity contribution is 6.13. The van der Waals surface area contributed by atoms with Crippen LogP contribution >= 0.6 is 0 Å². The average molecular weight is 715 g/mol. The predicted molar refractivity (Wildman–Crippen MR) is 236 cm³/mol. The van der Waals surface area contributed by atoms with Crippen molar-refractivity contribution in [2.75, 3.05) is 0 Å². The third-order valence-corrected chi connectivity index (χ3v) is 16.0. The first kappa shape index (κ1) is 37.3. The molecule has 0 radical (unpaired) electrons. The van der Waals surface area contributed by atoms with Crippen LogP contribution in [0.2, 0.25) is 0 Å². The molecule has 0 aromatic heterocycles. The molecule has 0 aliphatic heterocycles. The number of hydrogen-bond donors (Lipinski definition) is 0. The van der Waals surface area contributed by atoms with E-state index in [0.29, 0.717) is 5.92 Å². The molecule has 0 N–H and O–H groups in total. The largest absolute Gasteiger partial charge is 0.0654 e. The fourth-order valence-electron chi connectivity index (χ4n) is 11.9. The number of fused-ring (bicyclic) bond motifs is 12. The minimum absolute atomic E-state index is 0.0640. The maximum atomic E-state index is 2.82. The van der Waals surface area contributed by atoms with E-state index in [-0.39, 0.29) is 27.1 Å². The van der Waals surface area contributed by atoms with Crippen LogP contribution in [-0.2, 0) is 16.2 Å². The quantitative estimate of drug-likeness (QED) is 0.179. The molecule has 4 aromatic rings.